The zero-order valence-corrected chi connectivity index (χ0v) is 10.4. The molecule has 18 heavy (non-hydrogen) atoms. The normalized spacial score (nSPS) is 17.7. The Bertz CT molecular complexity index is 514. The third-order valence-corrected chi connectivity index (χ3v) is 3.01. The molecule has 1 aliphatic heterocycles. The summed E-state index contributed by atoms with van der Waals surface area (Å²) in [5.41, 5.74) is 2.62. The molecule has 0 spiro atoms. The largest absolute Gasteiger partial charge is 0.497 e. The maximum Gasteiger partial charge on any atom is 0.254 e. The molecule has 1 N–H and O–H groups in total. The van der Waals surface area contributed by atoms with Gasteiger partial charge in [-0.05, 0) is 31.0 Å². The van der Waals surface area contributed by atoms with Crippen LogP contribution in [0.2, 0.25) is 0 Å². The zero-order valence-electron chi connectivity index (χ0n) is 10.4. The van der Waals surface area contributed by atoms with Gasteiger partial charge >= 0.3 is 0 Å². The molecule has 2 amide bonds. The van der Waals surface area contributed by atoms with Gasteiger partial charge in [-0.2, -0.15) is 0 Å². The van der Waals surface area contributed by atoms with E-state index in [2.05, 4.69) is 5.32 Å². The van der Waals surface area contributed by atoms with Crippen LogP contribution < -0.4 is 10.1 Å². The van der Waals surface area contributed by atoms with Crippen LogP contribution in [0.25, 0.3) is 0 Å². The van der Waals surface area contributed by atoms with E-state index in [0.29, 0.717) is 12.0 Å². The zero-order chi connectivity index (χ0) is 13.1. The molecule has 1 aromatic carbocycles. The van der Waals surface area contributed by atoms with E-state index in [0.717, 1.165) is 16.9 Å². The van der Waals surface area contributed by atoms with E-state index in [-0.39, 0.29) is 18.2 Å². The molecule has 1 heterocycles. The smallest absolute Gasteiger partial charge is 0.254 e. The summed E-state index contributed by atoms with van der Waals surface area (Å²) in [7, 11) is 1.62. The average molecular weight is 245 g/mol. The van der Waals surface area contributed by atoms with Crippen LogP contribution in [-0.4, -0.2) is 18.9 Å². The van der Waals surface area contributed by atoms with Crippen molar-refractivity contribution in [2.75, 3.05) is 7.11 Å². The molecule has 0 saturated carbocycles. The van der Waals surface area contributed by atoms with Crippen molar-refractivity contribution >= 4 is 11.8 Å². The molecule has 0 bridgehead atoms. The van der Waals surface area contributed by atoms with Crippen LogP contribution in [0.1, 0.15) is 18.9 Å². The fourth-order valence-electron chi connectivity index (χ4n) is 1.99. The van der Waals surface area contributed by atoms with E-state index in [1.807, 2.05) is 31.2 Å². The number of carbonyl (C=O) groups is 2. The number of benzene rings is 1. The Hall–Kier alpha value is -2.10. The predicted octanol–water partition coefficient (Wildman–Crippen LogP) is 1.60. The van der Waals surface area contributed by atoms with Crippen molar-refractivity contribution in [2.45, 2.75) is 19.8 Å². The molecular formula is C14H15NO3. The van der Waals surface area contributed by atoms with Crippen molar-refractivity contribution in [3.05, 3.63) is 41.0 Å². The van der Waals surface area contributed by atoms with Crippen LogP contribution in [0.4, 0.5) is 0 Å². The Balaban J connectivity index is 2.15. The predicted molar refractivity (Wildman–Crippen MR) is 67.2 cm³/mol. The maximum atomic E-state index is 11.5. The molecule has 0 atom stereocenters. The summed E-state index contributed by atoms with van der Waals surface area (Å²) in [6, 6.07) is 7.68. The minimum absolute atomic E-state index is 0.195. The SMILES string of the molecule is COc1ccc(C/C(C)=C2\CC(=O)NC2=O)cc1. The Morgan fingerprint density at radius 1 is 1.28 bits per heavy atom. The molecule has 0 aliphatic carbocycles. The third-order valence-electron chi connectivity index (χ3n) is 3.01. The number of amides is 2. The highest BCUT2D eigenvalue weighted by molar-refractivity contribution is 6.13. The first kappa shape index (κ1) is 12.4. The van der Waals surface area contributed by atoms with Gasteiger partial charge in [0.15, 0.2) is 0 Å². The lowest BCUT2D eigenvalue weighted by atomic mass is 10.0. The Kier molecular flexibility index (Phi) is 3.46. The minimum atomic E-state index is -0.258. The molecule has 94 valence electrons. The van der Waals surface area contributed by atoms with Gasteiger partial charge in [-0.1, -0.05) is 17.7 Å². The standard InChI is InChI=1S/C14H15NO3/c1-9(12-8-13(16)15-14(12)17)7-10-3-5-11(18-2)6-4-10/h3-6H,7-8H2,1-2H3,(H,15,16,17)/b12-9+. The second kappa shape index (κ2) is 5.04. The van der Waals surface area contributed by atoms with Crippen molar-refractivity contribution < 1.29 is 14.3 Å². The van der Waals surface area contributed by atoms with Crippen LogP contribution in [-0.2, 0) is 16.0 Å². The first-order valence-corrected chi connectivity index (χ1v) is 5.76. The van der Waals surface area contributed by atoms with Crippen molar-refractivity contribution in [1.82, 2.24) is 5.32 Å². The molecule has 1 aliphatic rings. The van der Waals surface area contributed by atoms with Crippen LogP contribution in [0.5, 0.6) is 5.75 Å². The van der Waals surface area contributed by atoms with E-state index in [1.54, 1.807) is 7.11 Å². The molecule has 0 radical (unpaired) electrons. The molecular weight excluding hydrogens is 230 g/mol. The van der Waals surface area contributed by atoms with Crippen molar-refractivity contribution in [1.29, 1.82) is 0 Å². The summed E-state index contributed by atoms with van der Waals surface area (Å²) in [6.07, 6.45) is 0.862. The Labute approximate surface area is 106 Å². The summed E-state index contributed by atoms with van der Waals surface area (Å²) >= 11 is 0. The van der Waals surface area contributed by atoms with Crippen LogP contribution >= 0.6 is 0 Å². The van der Waals surface area contributed by atoms with E-state index in [4.69, 9.17) is 4.74 Å². The number of allylic oxidation sites excluding steroid dienone is 1. The Morgan fingerprint density at radius 2 is 1.94 bits per heavy atom. The first-order valence-electron chi connectivity index (χ1n) is 5.76. The average Bonchev–Trinajstić information content (AvgIpc) is 2.69. The lowest BCUT2D eigenvalue weighted by Crippen LogP contribution is -2.19. The second-order valence-electron chi connectivity index (χ2n) is 4.34. The molecule has 4 nitrogen and oxygen atoms in total. The van der Waals surface area contributed by atoms with E-state index in [9.17, 15) is 9.59 Å². The number of hydrogen-bond acceptors (Lipinski definition) is 3. The molecule has 1 saturated heterocycles. The van der Waals surface area contributed by atoms with Crippen LogP contribution in [0.15, 0.2) is 35.4 Å². The molecule has 1 fully saturated rings. The first-order chi connectivity index (χ1) is 8.60. The van der Waals surface area contributed by atoms with Crippen LogP contribution in [0, 0.1) is 0 Å². The number of carbonyl (C=O) groups excluding carboxylic acids is 2. The van der Waals surface area contributed by atoms with Crippen molar-refractivity contribution in [3.8, 4) is 5.75 Å². The van der Waals surface area contributed by atoms with Gasteiger partial charge in [0.05, 0.1) is 13.5 Å². The topological polar surface area (TPSA) is 55.4 Å². The number of imide groups is 1. The summed E-state index contributed by atoms with van der Waals surface area (Å²) < 4.78 is 5.08. The second-order valence-corrected chi connectivity index (χ2v) is 4.34. The van der Waals surface area contributed by atoms with Gasteiger partial charge in [0, 0.05) is 5.57 Å². The third kappa shape index (κ3) is 2.59. The van der Waals surface area contributed by atoms with Crippen molar-refractivity contribution in [2.24, 2.45) is 0 Å². The molecule has 1 aromatic rings. The van der Waals surface area contributed by atoms with Gasteiger partial charge in [-0.15, -0.1) is 0 Å². The minimum Gasteiger partial charge on any atom is -0.497 e. The fourth-order valence-corrected chi connectivity index (χ4v) is 1.99. The number of nitrogens with one attached hydrogen (secondary N) is 1. The van der Waals surface area contributed by atoms with Gasteiger partial charge in [0.25, 0.3) is 5.91 Å². The number of methoxy groups -OCH3 is 1. The van der Waals surface area contributed by atoms with Gasteiger partial charge in [-0.3, -0.25) is 14.9 Å². The number of rotatable bonds is 3. The lowest BCUT2D eigenvalue weighted by molar-refractivity contribution is -0.124. The quantitative estimate of drug-likeness (QED) is 0.650. The Morgan fingerprint density at radius 3 is 2.44 bits per heavy atom. The summed E-state index contributed by atoms with van der Waals surface area (Å²) in [4.78, 5) is 22.6. The fraction of sp³-hybridized carbons (Fsp3) is 0.286. The summed E-state index contributed by atoms with van der Waals surface area (Å²) in [5, 5.41) is 2.30. The van der Waals surface area contributed by atoms with E-state index >= 15 is 0 Å². The lowest BCUT2D eigenvalue weighted by Gasteiger charge is -2.05. The summed E-state index contributed by atoms with van der Waals surface area (Å²) in [5.74, 6) is 0.327. The molecule has 4 heteroatoms. The highest BCUT2D eigenvalue weighted by Crippen LogP contribution is 2.20. The summed E-state index contributed by atoms with van der Waals surface area (Å²) in [6.45, 7) is 1.89. The van der Waals surface area contributed by atoms with Gasteiger partial charge < -0.3 is 4.74 Å². The van der Waals surface area contributed by atoms with Crippen molar-refractivity contribution in [3.63, 3.8) is 0 Å². The van der Waals surface area contributed by atoms with E-state index in [1.165, 1.54) is 0 Å². The highest BCUT2D eigenvalue weighted by atomic mass is 16.5. The maximum absolute atomic E-state index is 11.5. The molecule has 0 aromatic heterocycles. The van der Waals surface area contributed by atoms with Gasteiger partial charge in [0.2, 0.25) is 5.91 Å². The number of ether oxygens (including phenoxy) is 1. The monoisotopic (exact) mass is 245 g/mol. The number of hydrogen-bond donors (Lipinski definition) is 1. The van der Waals surface area contributed by atoms with E-state index < -0.39 is 0 Å². The van der Waals surface area contributed by atoms with Gasteiger partial charge in [0.1, 0.15) is 5.75 Å². The molecule has 2 rings (SSSR count). The van der Waals surface area contributed by atoms with Crippen LogP contribution in [0.3, 0.4) is 0 Å². The molecule has 0 unspecified atom stereocenters. The highest BCUT2D eigenvalue weighted by Gasteiger charge is 2.25. The van der Waals surface area contributed by atoms with Gasteiger partial charge in [-0.25, -0.2) is 0 Å².